The van der Waals surface area contributed by atoms with Crippen LogP contribution in [0.5, 0.6) is 0 Å². The van der Waals surface area contributed by atoms with Crippen LogP contribution >= 0.6 is 27.3 Å². The first-order valence-electron chi connectivity index (χ1n) is 5.38. The van der Waals surface area contributed by atoms with Gasteiger partial charge in [-0.25, -0.2) is 9.97 Å². The molecule has 0 spiro atoms. The number of halogens is 1. The molecule has 0 radical (unpaired) electrons. The van der Waals surface area contributed by atoms with E-state index < -0.39 is 0 Å². The minimum absolute atomic E-state index is 0.182. The number of nitrogens with zero attached hydrogens (tertiary/aromatic N) is 2. The molecule has 2 aromatic rings. The summed E-state index contributed by atoms with van der Waals surface area (Å²) >= 11 is 5.16. The predicted octanol–water partition coefficient (Wildman–Crippen LogP) is 4.09. The summed E-state index contributed by atoms with van der Waals surface area (Å²) in [5, 5.41) is 4.44. The molecule has 1 N–H and O–H groups in total. The minimum atomic E-state index is 0.182. The zero-order chi connectivity index (χ0) is 12.4. The van der Waals surface area contributed by atoms with Crippen molar-refractivity contribution in [2.75, 3.05) is 5.32 Å². The Balaban J connectivity index is 2.12. The summed E-state index contributed by atoms with van der Waals surface area (Å²) < 4.78 is 1.03. The van der Waals surface area contributed by atoms with Gasteiger partial charge in [0.1, 0.15) is 10.8 Å². The second-order valence-electron chi connectivity index (χ2n) is 3.94. The zero-order valence-electron chi connectivity index (χ0n) is 9.99. The number of anilines is 1. The van der Waals surface area contributed by atoms with Crippen LogP contribution in [0.4, 0.5) is 5.82 Å². The third-order valence-electron chi connectivity index (χ3n) is 2.40. The highest BCUT2D eigenvalue weighted by Gasteiger charge is 2.10. The maximum atomic E-state index is 4.46. The van der Waals surface area contributed by atoms with E-state index in [1.807, 2.05) is 25.3 Å². The Morgan fingerprint density at radius 3 is 2.71 bits per heavy atom. The lowest BCUT2D eigenvalue weighted by atomic mass is 10.3. The summed E-state index contributed by atoms with van der Waals surface area (Å²) in [4.78, 5) is 10.1. The van der Waals surface area contributed by atoms with Crippen LogP contribution in [0.3, 0.4) is 0 Å². The van der Waals surface area contributed by atoms with Crippen LogP contribution in [-0.2, 0) is 0 Å². The molecule has 0 aliphatic rings. The Morgan fingerprint density at radius 1 is 1.35 bits per heavy atom. The molecule has 90 valence electrons. The molecular formula is C12H14BrN3S. The third-order valence-corrected chi connectivity index (χ3v) is 4.33. The number of rotatable bonds is 3. The van der Waals surface area contributed by atoms with Crippen molar-refractivity contribution in [3.8, 4) is 0 Å². The summed E-state index contributed by atoms with van der Waals surface area (Å²) in [6.07, 6.45) is 1.90. The number of aryl methyl sites for hydroxylation is 2. The molecule has 2 aromatic heterocycles. The second-order valence-corrected chi connectivity index (χ2v) is 6.06. The fourth-order valence-electron chi connectivity index (χ4n) is 1.48. The summed E-state index contributed by atoms with van der Waals surface area (Å²) in [7, 11) is 0. The fourth-order valence-corrected chi connectivity index (χ4v) is 2.48. The maximum absolute atomic E-state index is 4.46. The number of pyridine rings is 1. The van der Waals surface area contributed by atoms with Gasteiger partial charge in [0, 0.05) is 15.5 Å². The first-order chi connectivity index (χ1) is 8.06. The maximum Gasteiger partial charge on any atom is 0.126 e. The monoisotopic (exact) mass is 311 g/mol. The first-order valence-corrected chi connectivity index (χ1v) is 6.99. The molecule has 2 heterocycles. The van der Waals surface area contributed by atoms with Crippen molar-refractivity contribution < 1.29 is 0 Å². The normalized spacial score (nSPS) is 12.5. The van der Waals surface area contributed by atoms with Crippen LogP contribution in [0, 0.1) is 13.8 Å². The predicted molar refractivity (Wildman–Crippen MR) is 75.6 cm³/mol. The number of hydrogen-bond donors (Lipinski definition) is 1. The van der Waals surface area contributed by atoms with E-state index in [1.54, 1.807) is 11.3 Å². The van der Waals surface area contributed by atoms with Crippen LogP contribution in [-0.4, -0.2) is 9.97 Å². The average molecular weight is 312 g/mol. The number of aromatic nitrogens is 2. The highest BCUT2D eigenvalue weighted by molar-refractivity contribution is 9.10. The van der Waals surface area contributed by atoms with Gasteiger partial charge in [-0.2, -0.15) is 0 Å². The second kappa shape index (κ2) is 5.14. The Labute approximate surface area is 113 Å². The van der Waals surface area contributed by atoms with E-state index in [0.717, 1.165) is 21.0 Å². The molecule has 0 aliphatic carbocycles. The fraction of sp³-hybridized carbons (Fsp3) is 0.333. The molecule has 17 heavy (non-hydrogen) atoms. The number of nitrogens with one attached hydrogen (secondary N) is 1. The van der Waals surface area contributed by atoms with Crippen molar-refractivity contribution in [1.29, 1.82) is 0 Å². The van der Waals surface area contributed by atoms with Crippen molar-refractivity contribution in [3.05, 3.63) is 38.4 Å². The molecule has 1 atom stereocenters. The topological polar surface area (TPSA) is 37.8 Å². The van der Waals surface area contributed by atoms with Crippen LogP contribution in [0.2, 0.25) is 0 Å². The molecule has 1 unspecified atom stereocenters. The quantitative estimate of drug-likeness (QED) is 0.927. The molecule has 3 nitrogen and oxygen atoms in total. The van der Waals surface area contributed by atoms with Crippen molar-refractivity contribution in [2.24, 2.45) is 0 Å². The molecule has 0 amide bonds. The summed E-state index contributed by atoms with van der Waals surface area (Å²) in [5.41, 5.74) is 0.984. The summed E-state index contributed by atoms with van der Waals surface area (Å²) in [6, 6.07) is 4.15. The van der Waals surface area contributed by atoms with E-state index in [9.17, 15) is 0 Å². The molecule has 0 saturated carbocycles. The van der Waals surface area contributed by atoms with Crippen molar-refractivity contribution in [2.45, 2.75) is 26.8 Å². The molecule has 0 aliphatic heterocycles. The van der Waals surface area contributed by atoms with E-state index in [-0.39, 0.29) is 6.04 Å². The van der Waals surface area contributed by atoms with Gasteiger partial charge in [0.2, 0.25) is 0 Å². The van der Waals surface area contributed by atoms with Gasteiger partial charge in [-0.15, -0.1) is 11.3 Å². The Morgan fingerprint density at radius 2 is 2.12 bits per heavy atom. The average Bonchev–Trinajstić information content (AvgIpc) is 2.70. The van der Waals surface area contributed by atoms with Crippen LogP contribution in [0.1, 0.15) is 28.5 Å². The SMILES string of the molecule is Cc1cnc(C(C)Nc2ccc(Br)c(C)n2)s1. The van der Waals surface area contributed by atoms with Crippen LogP contribution in [0.15, 0.2) is 22.8 Å². The Bertz CT molecular complexity index is 524. The lowest BCUT2D eigenvalue weighted by molar-refractivity contribution is 0.858. The van der Waals surface area contributed by atoms with Gasteiger partial charge < -0.3 is 5.32 Å². The lowest BCUT2D eigenvalue weighted by Crippen LogP contribution is -2.07. The van der Waals surface area contributed by atoms with Crippen LogP contribution < -0.4 is 5.32 Å². The van der Waals surface area contributed by atoms with Gasteiger partial charge in [0.25, 0.3) is 0 Å². The summed E-state index contributed by atoms with van der Waals surface area (Å²) in [5.74, 6) is 0.881. The van der Waals surface area contributed by atoms with Gasteiger partial charge in [0.05, 0.1) is 11.7 Å². The zero-order valence-corrected chi connectivity index (χ0v) is 12.4. The largest absolute Gasteiger partial charge is 0.361 e. The smallest absolute Gasteiger partial charge is 0.126 e. The van der Waals surface area contributed by atoms with E-state index in [2.05, 4.69) is 45.1 Å². The Kier molecular flexibility index (Phi) is 3.79. The third kappa shape index (κ3) is 3.04. The van der Waals surface area contributed by atoms with E-state index in [1.165, 1.54) is 4.88 Å². The Hall–Kier alpha value is -0.940. The minimum Gasteiger partial charge on any atom is -0.361 e. The lowest BCUT2D eigenvalue weighted by Gasteiger charge is -2.12. The first kappa shape index (κ1) is 12.5. The molecule has 0 saturated heterocycles. The number of thiazole rings is 1. The van der Waals surface area contributed by atoms with E-state index in [4.69, 9.17) is 0 Å². The molecule has 0 aromatic carbocycles. The van der Waals surface area contributed by atoms with Crippen molar-refractivity contribution in [3.63, 3.8) is 0 Å². The molecular weight excluding hydrogens is 298 g/mol. The molecule has 2 rings (SSSR count). The highest BCUT2D eigenvalue weighted by Crippen LogP contribution is 2.23. The van der Waals surface area contributed by atoms with Crippen molar-refractivity contribution >= 4 is 33.1 Å². The molecule has 0 bridgehead atoms. The van der Waals surface area contributed by atoms with E-state index in [0.29, 0.717) is 0 Å². The molecule has 5 heteroatoms. The van der Waals surface area contributed by atoms with Gasteiger partial charge in [-0.1, -0.05) is 0 Å². The van der Waals surface area contributed by atoms with Crippen LogP contribution in [0.25, 0.3) is 0 Å². The summed E-state index contributed by atoms with van der Waals surface area (Å²) in [6.45, 7) is 6.14. The highest BCUT2D eigenvalue weighted by atomic mass is 79.9. The van der Waals surface area contributed by atoms with E-state index >= 15 is 0 Å². The standard InChI is InChI=1S/C12H14BrN3S/c1-7-6-14-12(17-7)9(3)16-11-5-4-10(13)8(2)15-11/h4-6,9H,1-3H3,(H,15,16). The van der Waals surface area contributed by atoms with Gasteiger partial charge >= 0.3 is 0 Å². The van der Waals surface area contributed by atoms with Gasteiger partial charge in [0.15, 0.2) is 0 Å². The van der Waals surface area contributed by atoms with Crippen molar-refractivity contribution in [1.82, 2.24) is 9.97 Å². The number of hydrogen-bond acceptors (Lipinski definition) is 4. The molecule has 0 fully saturated rings. The van der Waals surface area contributed by atoms with Gasteiger partial charge in [-0.05, 0) is 48.8 Å². The van der Waals surface area contributed by atoms with Gasteiger partial charge in [-0.3, -0.25) is 0 Å².